The number of nitrogens with one attached hydrogen (secondary N) is 3. The number of carbonyl (C=O) groups excluding carboxylic acids is 2. The highest BCUT2D eigenvalue weighted by Gasteiger charge is 2.09. The van der Waals surface area contributed by atoms with E-state index in [1.54, 1.807) is 30.3 Å². The molecule has 0 saturated carbocycles. The van der Waals surface area contributed by atoms with E-state index in [2.05, 4.69) is 15.6 Å². The van der Waals surface area contributed by atoms with E-state index < -0.39 is 0 Å². The zero-order chi connectivity index (χ0) is 20.2. The highest BCUT2D eigenvalue weighted by Crippen LogP contribution is 2.18. The molecule has 6 nitrogen and oxygen atoms in total. The Kier molecular flexibility index (Phi) is 4.99. The number of hydrogen-bond acceptors (Lipinski definition) is 3. The molecule has 1 aromatic heterocycles. The Morgan fingerprint density at radius 3 is 2.41 bits per heavy atom. The number of fused-ring (bicyclic) bond motifs is 1. The van der Waals surface area contributed by atoms with E-state index in [0.717, 1.165) is 16.5 Å². The molecular formula is C23H20N4O2. The molecule has 2 amide bonds. The van der Waals surface area contributed by atoms with Gasteiger partial charge in [-0.25, -0.2) is 0 Å². The van der Waals surface area contributed by atoms with Crippen molar-refractivity contribution in [3.63, 3.8) is 0 Å². The van der Waals surface area contributed by atoms with E-state index in [1.807, 2.05) is 48.7 Å². The summed E-state index contributed by atoms with van der Waals surface area (Å²) in [6, 6.07) is 21.6. The van der Waals surface area contributed by atoms with Crippen LogP contribution in [0.1, 0.15) is 26.3 Å². The van der Waals surface area contributed by atoms with Crippen LogP contribution in [-0.2, 0) is 6.54 Å². The molecule has 6 heteroatoms. The van der Waals surface area contributed by atoms with Gasteiger partial charge < -0.3 is 21.4 Å². The minimum absolute atomic E-state index is 0.144. The number of amides is 2. The monoisotopic (exact) mass is 384 g/mol. The molecule has 29 heavy (non-hydrogen) atoms. The van der Waals surface area contributed by atoms with Crippen molar-refractivity contribution < 1.29 is 9.59 Å². The first kappa shape index (κ1) is 18.3. The van der Waals surface area contributed by atoms with Gasteiger partial charge >= 0.3 is 0 Å². The first-order valence-corrected chi connectivity index (χ1v) is 9.20. The average Bonchev–Trinajstić information content (AvgIpc) is 3.22. The number of carbonyl (C=O) groups is 2. The lowest BCUT2D eigenvalue weighted by Crippen LogP contribution is -2.22. The third-order valence-corrected chi connectivity index (χ3v) is 4.69. The van der Waals surface area contributed by atoms with Crippen molar-refractivity contribution in [1.29, 1.82) is 0 Å². The molecule has 4 rings (SSSR count). The van der Waals surface area contributed by atoms with Crippen molar-refractivity contribution in [3.05, 3.63) is 95.7 Å². The van der Waals surface area contributed by atoms with Gasteiger partial charge in [-0.15, -0.1) is 0 Å². The van der Waals surface area contributed by atoms with Crippen LogP contribution in [0.5, 0.6) is 0 Å². The predicted molar refractivity (Wildman–Crippen MR) is 115 cm³/mol. The van der Waals surface area contributed by atoms with E-state index in [1.165, 1.54) is 0 Å². The summed E-state index contributed by atoms with van der Waals surface area (Å²) in [6.07, 6.45) is 1.84. The van der Waals surface area contributed by atoms with Crippen molar-refractivity contribution in [1.82, 2.24) is 10.3 Å². The van der Waals surface area contributed by atoms with Gasteiger partial charge in [-0.1, -0.05) is 24.3 Å². The average molecular weight is 384 g/mol. The van der Waals surface area contributed by atoms with E-state index >= 15 is 0 Å². The first-order chi connectivity index (χ1) is 14.1. The number of H-pyrrole nitrogens is 1. The molecule has 0 spiro atoms. The van der Waals surface area contributed by atoms with Gasteiger partial charge in [0.1, 0.15) is 0 Å². The maximum absolute atomic E-state index is 12.4. The molecule has 0 aliphatic rings. The Hall–Kier alpha value is -4.06. The van der Waals surface area contributed by atoms with Crippen LogP contribution in [0.3, 0.4) is 0 Å². The minimum atomic E-state index is -0.238. The second kappa shape index (κ2) is 7.90. The Balaban J connectivity index is 1.37. The molecule has 1 heterocycles. The molecule has 0 fully saturated rings. The van der Waals surface area contributed by atoms with E-state index in [0.29, 0.717) is 29.0 Å². The van der Waals surface area contributed by atoms with Crippen molar-refractivity contribution in [3.8, 4) is 0 Å². The fraction of sp³-hybridized carbons (Fsp3) is 0.0435. The molecule has 0 aliphatic carbocycles. The summed E-state index contributed by atoms with van der Waals surface area (Å²) in [5.74, 6) is -0.382. The topological polar surface area (TPSA) is 100 Å². The van der Waals surface area contributed by atoms with Crippen LogP contribution in [0, 0.1) is 0 Å². The van der Waals surface area contributed by atoms with Gasteiger partial charge in [0, 0.05) is 34.8 Å². The number of para-hydroxylation sites is 2. The second-order valence-corrected chi connectivity index (χ2v) is 6.70. The lowest BCUT2D eigenvalue weighted by atomic mass is 10.1. The summed E-state index contributed by atoms with van der Waals surface area (Å²) in [7, 11) is 0. The third kappa shape index (κ3) is 4.11. The smallest absolute Gasteiger partial charge is 0.255 e. The van der Waals surface area contributed by atoms with Crippen LogP contribution in [0.25, 0.3) is 10.9 Å². The van der Waals surface area contributed by atoms with Gasteiger partial charge in [0.25, 0.3) is 11.8 Å². The number of nitrogen functional groups attached to an aromatic ring is 1. The van der Waals surface area contributed by atoms with Gasteiger partial charge in [0.15, 0.2) is 0 Å². The van der Waals surface area contributed by atoms with Crippen molar-refractivity contribution in [2.45, 2.75) is 6.54 Å². The number of hydrogen-bond donors (Lipinski definition) is 4. The van der Waals surface area contributed by atoms with E-state index in [4.69, 9.17) is 5.73 Å². The number of nitrogens with two attached hydrogens (primary N) is 1. The van der Waals surface area contributed by atoms with E-state index in [-0.39, 0.29) is 11.8 Å². The van der Waals surface area contributed by atoms with Gasteiger partial charge in [-0.3, -0.25) is 9.59 Å². The van der Waals surface area contributed by atoms with Crippen LogP contribution in [0.2, 0.25) is 0 Å². The number of anilines is 2. The Bertz CT molecular complexity index is 1180. The van der Waals surface area contributed by atoms with Crippen LogP contribution in [-0.4, -0.2) is 16.8 Å². The molecule has 0 unspecified atom stereocenters. The summed E-state index contributed by atoms with van der Waals surface area (Å²) in [6.45, 7) is 0.373. The number of aromatic amines is 1. The fourth-order valence-corrected chi connectivity index (χ4v) is 3.06. The fourth-order valence-electron chi connectivity index (χ4n) is 3.06. The molecular weight excluding hydrogens is 364 g/mol. The van der Waals surface area contributed by atoms with Crippen LogP contribution in [0.15, 0.2) is 79.0 Å². The van der Waals surface area contributed by atoms with Gasteiger partial charge in [-0.05, 0) is 54.1 Å². The molecule has 0 aliphatic heterocycles. The van der Waals surface area contributed by atoms with Crippen LogP contribution < -0.4 is 16.4 Å². The molecule has 3 aromatic carbocycles. The molecule has 0 atom stereocenters. The first-order valence-electron chi connectivity index (χ1n) is 9.20. The number of aromatic nitrogens is 1. The summed E-state index contributed by atoms with van der Waals surface area (Å²) in [4.78, 5) is 27.9. The zero-order valence-electron chi connectivity index (χ0n) is 15.6. The van der Waals surface area contributed by atoms with Gasteiger partial charge in [-0.2, -0.15) is 0 Å². The van der Waals surface area contributed by atoms with Crippen molar-refractivity contribution in [2.24, 2.45) is 0 Å². The van der Waals surface area contributed by atoms with Crippen LogP contribution >= 0.6 is 0 Å². The quantitative estimate of drug-likeness (QED) is 0.392. The molecule has 144 valence electrons. The molecule has 0 radical (unpaired) electrons. The SMILES string of the molecule is Nc1ccccc1NC(=O)c1ccc(CNC(=O)c2ccc3[nH]ccc3c2)cc1. The Morgan fingerprint density at radius 2 is 1.62 bits per heavy atom. The summed E-state index contributed by atoms with van der Waals surface area (Å²) < 4.78 is 0. The molecule has 0 bridgehead atoms. The zero-order valence-corrected chi connectivity index (χ0v) is 15.6. The molecule has 0 saturated heterocycles. The molecule has 4 aromatic rings. The normalized spacial score (nSPS) is 10.6. The van der Waals surface area contributed by atoms with Gasteiger partial charge in [0.2, 0.25) is 0 Å². The summed E-state index contributed by atoms with van der Waals surface area (Å²) >= 11 is 0. The number of benzene rings is 3. The van der Waals surface area contributed by atoms with Gasteiger partial charge in [0.05, 0.1) is 11.4 Å². The lowest BCUT2D eigenvalue weighted by Gasteiger charge is -2.09. The van der Waals surface area contributed by atoms with Crippen LogP contribution in [0.4, 0.5) is 11.4 Å². The second-order valence-electron chi connectivity index (χ2n) is 6.70. The largest absolute Gasteiger partial charge is 0.397 e. The predicted octanol–water partition coefficient (Wildman–Crippen LogP) is 3.93. The Morgan fingerprint density at radius 1 is 0.862 bits per heavy atom. The van der Waals surface area contributed by atoms with Crippen molar-refractivity contribution in [2.75, 3.05) is 11.1 Å². The summed E-state index contributed by atoms with van der Waals surface area (Å²) in [5, 5.41) is 6.69. The maximum Gasteiger partial charge on any atom is 0.255 e. The number of rotatable bonds is 5. The lowest BCUT2D eigenvalue weighted by molar-refractivity contribution is 0.0950. The highest BCUT2D eigenvalue weighted by atomic mass is 16.2. The van der Waals surface area contributed by atoms with E-state index in [9.17, 15) is 9.59 Å². The highest BCUT2D eigenvalue weighted by molar-refractivity contribution is 6.05. The maximum atomic E-state index is 12.4. The third-order valence-electron chi connectivity index (χ3n) is 4.69. The Labute approximate surface area is 167 Å². The minimum Gasteiger partial charge on any atom is -0.397 e. The standard InChI is InChI=1S/C23H20N4O2/c24-19-3-1-2-4-21(19)27-23(29)16-7-5-15(6-8-16)14-26-22(28)18-9-10-20-17(13-18)11-12-25-20/h1-13,25H,14,24H2,(H,26,28)(H,27,29). The van der Waals surface area contributed by atoms with Crippen molar-refractivity contribution >= 4 is 34.1 Å². The summed E-state index contributed by atoms with van der Waals surface area (Å²) in [5.41, 5.74) is 9.96. The molecule has 5 N–H and O–H groups in total.